The molecule has 0 unspecified atom stereocenters. The van der Waals surface area contributed by atoms with E-state index in [-0.39, 0.29) is 0 Å². The average molecular weight is 574 g/mol. The van der Waals surface area contributed by atoms with Gasteiger partial charge in [-0.15, -0.1) is 0 Å². The first-order valence-electron chi connectivity index (χ1n) is 8.55. The van der Waals surface area contributed by atoms with E-state index >= 15 is 0 Å². The lowest BCUT2D eigenvalue weighted by Crippen LogP contribution is -2.57. The van der Waals surface area contributed by atoms with Gasteiger partial charge in [0.05, 0.1) is 11.1 Å². The van der Waals surface area contributed by atoms with E-state index in [2.05, 4.69) is 11.5 Å². The summed E-state index contributed by atoms with van der Waals surface area (Å²) in [5, 5.41) is 18.5. The third-order valence-electron chi connectivity index (χ3n) is 4.94. The lowest BCUT2D eigenvalue weighted by atomic mass is 9.70. The van der Waals surface area contributed by atoms with E-state index in [0.717, 1.165) is 0 Å². The van der Waals surface area contributed by atoms with Crippen molar-refractivity contribution >= 4 is 11.4 Å². The molecule has 0 bridgehead atoms. The van der Waals surface area contributed by atoms with Crippen molar-refractivity contribution in [3.05, 3.63) is 45.5 Å². The highest BCUT2D eigenvalue weighted by Gasteiger charge is 2.77. The van der Waals surface area contributed by atoms with Gasteiger partial charge in [-0.1, -0.05) is 0 Å². The van der Waals surface area contributed by atoms with Crippen LogP contribution in [0.2, 0.25) is 0 Å². The van der Waals surface area contributed by atoms with Gasteiger partial charge in [0.2, 0.25) is 5.41 Å². The molecule has 0 aliphatic heterocycles. The molecule has 6 N–H and O–H groups in total. The van der Waals surface area contributed by atoms with Crippen molar-refractivity contribution in [2.45, 2.75) is 30.1 Å². The molecule has 0 amide bonds. The minimum atomic E-state index is -7.62. The van der Waals surface area contributed by atoms with Crippen LogP contribution in [0.15, 0.2) is 0 Å². The zero-order chi connectivity index (χ0) is 29.4. The van der Waals surface area contributed by atoms with E-state index in [9.17, 15) is 80.5 Å². The molecule has 0 radical (unpaired) electrons. The molecule has 4 nitrogen and oxygen atoms in total. The van der Waals surface area contributed by atoms with Gasteiger partial charge in [0.1, 0.15) is 34.1 Å². The maximum atomic E-state index is 14.8. The van der Waals surface area contributed by atoms with Crippen LogP contribution in [0.5, 0.6) is 11.5 Å². The molecular formula is C17H6F16N2O2. The summed E-state index contributed by atoms with van der Waals surface area (Å²) >= 11 is 0. The summed E-state index contributed by atoms with van der Waals surface area (Å²) in [6, 6.07) is 0. The second-order valence-electron chi connectivity index (χ2n) is 7.02. The van der Waals surface area contributed by atoms with E-state index < -0.39 is 98.5 Å². The molecule has 208 valence electrons. The summed E-state index contributed by atoms with van der Waals surface area (Å²) in [5.41, 5.74) is -18.2. The maximum Gasteiger partial charge on any atom is 0.422 e. The van der Waals surface area contributed by atoms with Crippen LogP contribution < -0.4 is 11.5 Å². The maximum absolute atomic E-state index is 14.8. The zero-order valence-electron chi connectivity index (χ0n) is 16.6. The molecule has 2 aromatic rings. The van der Waals surface area contributed by atoms with Crippen LogP contribution in [0.4, 0.5) is 81.6 Å². The van der Waals surface area contributed by atoms with Gasteiger partial charge in [-0.25, -0.2) is 17.6 Å². The second-order valence-corrected chi connectivity index (χ2v) is 7.02. The van der Waals surface area contributed by atoms with E-state index in [4.69, 9.17) is 0 Å². The van der Waals surface area contributed by atoms with Crippen molar-refractivity contribution in [1.29, 1.82) is 0 Å². The van der Waals surface area contributed by atoms with Crippen molar-refractivity contribution < 1.29 is 80.5 Å². The number of nitrogens with two attached hydrogens (primary N) is 2. The molecule has 37 heavy (non-hydrogen) atoms. The Morgan fingerprint density at radius 2 is 0.676 bits per heavy atom. The number of benzene rings is 2. The van der Waals surface area contributed by atoms with Crippen LogP contribution >= 0.6 is 0 Å². The lowest BCUT2D eigenvalue weighted by Gasteiger charge is -2.39. The normalized spacial score (nSPS) is 13.8. The fourth-order valence-corrected chi connectivity index (χ4v) is 3.43. The van der Waals surface area contributed by atoms with Crippen LogP contribution in [-0.2, 0) is 17.8 Å². The molecule has 0 aliphatic carbocycles. The molecule has 2 aromatic carbocycles. The van der Waals surface area contributed by atoms with Crippen LogP contribution in [0.25, 0.3) is 0 Å². The Balaban J connectivity index is 3.54. The van der Waals surface area contributed by atoms with E-state index in [0.29, 0.717) is 0 Å². The van der Waals surface area contributed by atoms with Crippen LogP contribution in [0.1, 0.15) is 22.3 Å². The van der Waals surface area contributed by atoms with Crippen molar-refractivity contribution in [3.63, 3.8) is 0 Å². The Hall–Kier alpha value is -3.48. The summed E-state index contributed by atoms with van der Waals surface area (Å²) in [7, 11) is 0. The Morgan fingerprint density at radius 3 is 0.865 bits per heavy atom. The summed E-state index contributed by atoms with van der Waals surface area (Å²) in [4.78, 5) is 0. The van der Waals surface area contributed by atoms with Crippen molar-refractivity contribution in [2.24, 2.45) is 0 Å². The van der Waals surface area contributed by atoms with Gasteiger partial charge < -0.3 is 21.7 Å². The highest BCUT2D eigenvalue weighted by atomic mass is 19.4. The smallest absolute Gasteiger partial charge is 0.422 e. The number of anilines is 2. The van der Waals surface area contributed by atoms with E-state index in [1.54, 1.807) is 0 Å². The van der Waals surface area contributed by atoms with Gasteiger partial charge in [-0.2, -0.15) is 52.7 Å². The molecular weight excluding hydrogens is 568 g/mol. The van der Waals surface area contributed by atoms with Crippen LogP contribution in [0.3, 0.4) is 0 Å². The monoisotopic (exact) mass is 574 g/mol. The van der Waals surface area contributed by atoms with Gasteiger partial charge in [-0.05, 0) is 0 Å². The molecule has 0 aromatic heterocycles. The molecule has 0 aliphatic rings. The molecule has 0 heterocycles. The second kappa shape index (κ2) is 8.27. The number of rotatable bonds is 2. The third kappa shape index (κ3) is 4.05. The first-order chi connectivity index (χ1) is 16.3. The largest absolute Gasteiger partial charge is 0.505 e. The molecule has 0 fully saturated rings. The standard InChI is InChI=1S/C17H6F16N2O2/c18-5-1(7(20)9(34)11(36)3(5)14(22,23)24)13(16(28,29)30,17(31,32)33)2-6(19)4(15(25,26)27)12(37)10(35)8(2)21/h36-37H,34-35H2. The summed E-state index contributed by atoms with van der Waals surface area (Å²) in [6.45, 7) is 0. The average Bonchev–Trinajstić information content (AvgIpc) is 2.65. The minimum Gasteiger partial charge on any atom is -0.505 e. The molecule has 0 atom stereocenters. The lowest BCUT2D eigenvalue weighted by molar-refractivity contribution is -0.291. The molecule has 0 saturated carbocycles. The Kier molecular flexibility index (Phi) is 6.65. The number of phenolic OH excluding ortho intramolecular Hbond substituents is 2. The molecule has 2 rings (SSSR count). The number of hydrogen-bond acceptors (Lipinski definition) is 4. The van der Waals surface area contributed by atoms with Gasteiger partial charge in [0, 0.05) is 0 Å². The van der Waals surface area contributed by atoms with E-state index in [1.165, 1.54) is 0 Å². The van der Waals surface area contributed by atoms with Crippen molar-refractivity contribution in [1.82, 2.24) is 0 Å². The SMILES string of the molecule is Nc1c(O)c(C(F)(F)F)c(F)c(C(c2c(F)c(N)c(O)c(C(F)(F)F)c2F)(C(F)(F)F)C(F)(F)F)c1F. The predicted octanol–water partition coefficient (Wildman–Crippen LogP) is 6.27. The Bertz CT molecular complexity index is 1160. The van der Waals surface area contributed by atoms with Gasteiger partial charge in [-0.3, -0.25) is 0 Å². The Labute approximate surface area is 191 Å². The predicted molar refractivity (Wildman–Crippen MR) is 87.8 cm³/mol. The van der Waals surface area contributed by atoms with Gasteiger partial charge in [0.25, 0.3) is 0 Å². The number of nitrogen functional groups attached to an aromatic ring is 2. The van der Waals surface area contributed by atoms with Gasteiger partial charge >= 0.3 is 24.7 Å². The first-order valence-corrected chi connectivity index (χ1v) is 8.55. The zero-order valence-corrected chi connectivity index (χ0v) is 16.6. The molecule has 20 heteroatoms. The quantitative estimate of drug-likeness (QED) is 0.194. The first kappa shape index (κ1) is 29.7. The molecule has 0 saturated heterocycles. The van der Waals surface area contributed by atoms with Crippen molar-refractivity contribution in [2.75, 3.05) is 11.5 Å². The van der Waals surface area contributed by atoms with Crippen LogP contribution in [-0.4, -0.2) is 22.6 Å². The van der Waals surface area contributed by atoms with E-state index in [1.807, 2.05) is 0 Å². The highest BCUT2D eigenvalue weighted by molar-refractivity contribution is 5.68. The number of aromatic hydroxyl groups is 2. The summed E-state index contributed by atoms with van der Waals surface area (Å²) in [5.74, 6) is -20.7. The minimum absolute atomic E-state index is 2.66. The third-order valence-corrected chi connectivity index (χ3v) is 4.94. The van der Waals surface area contributed by atoms with Gasteiger partial charge in [0.15, 0.2) is 23.1 Å². The number of halogens is 16. The van der Waals surface area contributed by atoms with Crippen molar-refractivity contribution in [3.8, 4) is 11.5 Å². The Morgan fingerprint density at radius 1 is 0.432 bits per heavy atom. The fourth-order valence-electron chi connectivity index (χ4n) is 3.43. The highest BCUT2D eigenvalue weighted by Crippen LogP contribution is 2.62. The summed E-state index contributed by atoms with van der Waals surface area (Å²) in [6.07, 6.45) is -28.2. The summed E-state index contributed by atoms with van der Waals surface area (Å²) < 4.78 is 223. The fraction of sp³-hybridized carbons (Fsp3) is 0.294. The number of phenols is 2. The molecule has 0 spiro atoms. The number of alkyl halides is 12. The van der Waals surface area contributed by atoms with Crippen LogP contribution in [0, 0.1) is 23.3 Å². The number of hydrogen-bond donors (Lipinski definition) is 4. The topological polar surface area (TPSA) is 92.5 Å².